The lowest BCUT2D eigenvalue weighted by Crippen LogP contribution is -2.39. The first-order valence-electron chi connectivity index (χ1n) is 5.11. The summed E-state index contributed by atoms with van der Waals surface area (Å²) in [6.07, 6.45) is 2.76. The lowest BCUT2D eigenvalue weighted by atomic mass is 10.2. The monoisotopic (exact) mass is 186 g/mol. The lowest BCUT2D eigenvalue weighted by Gasteiger charge is -2.18. The van der Waals surface area contributed by atoms with Crippen LogP contribution in [0, 0.1) is 5.92 Å². The summed E-state index contributed by atoms with van der Waals surface area (Å²) in [5.74, 6) is 0.877. The molecule has 0 spiro atoms. The van der Waals surface area contributed by atoms with Crippen LogP contribution < -0.4 is 5.32 Å². The minimum atomic E-state index is 0.588. The molecule has 78 valence electrons. The molecule has 0 aromatic carbocycles. The Hall–Kier alpha value is -0.120. The molecule has 13 heavy (non-hydrogen) atoms. The number of hydrogen-bond acceptors (Lipinski definition) is 3. The lowest BCUT2D eigenvalue weighted by molar-refractivity contribution is 0.156. The molecule has 0 saturated heterocycles. The molecule has 0 aromatic heterocycles. The van der Waals surface area contributed by atoms with Crippen LogP contribution in [0.4, 0.5) is 0 Å². The fourth-order valence-corrected chi connectivity index (χ4v) is 1.51. The number of nitrogens with zero attached hydrogens (tertiary/aromatic N) is 1. The van der Waals surface area contributed by atoms with Crippen LogP contribution in [-0.2, 0) is 4.74 Å². The summed E-state index contributed by atoms with van der Waals surface area (Å²) in [7, 11) is 5.98. The predicted octanol–water partition coefficient (Wildman–Crippen LogP) is 0.563. The second kappa shape index (κ2) is 5.58. The van der Waals surface area contributed by atoms with Crippen molar-refractivity contribution in [3.8, 4) is 0 Å². The number of ether oxygens (including phenoxy) is 1. The van der Waals surface area contributed by atoms with Crippen LogP contribution in [0.15, 0.2) is 0 Å². The molecule has 3 nitrogen and oxygen atoms in total. The van der Waals surface area contributed by atoms with Crippen molar-refractivity contribution in [1.29, 1.82) is 0 Å². The minimum Gasteiger partial charge on any atom is -0.383 e. The quantitative estimate of drug-likeness (QED) is 0.629. The molecule has 0 radical (unpaired) electrons. The molecule has 0 aliphatic heterocycles. The third-order valence-corrected chi connectivity index (χ3v) is 2.50. The van der Waals surface area contributed by atoms with Crippen LogP contribution >= 0.6 is 0 Å². The van der Waals surface area contributed by atoms with Gasteiger partial charge in [0.2, 0.25) is 0 Å². The van der Waals surface area contributed by atoms with Gasteiger partial charge in [-0.05, 0) is 32.9 Å². The number of methoxy groups -OCH3 is 1. The van der Waals surface area contributed by atoms with Crippen molar-refractivity contribution < 1.29 is 4.74 Å². The zero-order valence-electron chi connectivity index (χ0n) is 9.05. The molecule has 1 unspecified atom stereocenters. The molecule has 1 aliphatic carbocycles. The SMILES string of the molecule is COCC(NCCN(C)C)C1CC1. The molecule has 1 atom stereocenters. The van der Waals surface area contributed by atoms with E-state index in [1.54, 1.807) is 7.11 Å². The molecular weight excluding hydrogens is 164 g/mol. The molecule has 3 heteroatoms. The first kappa shape index (κ1) is 11.0. The highest BCUT2D eigenvalue weighted by atomic mass is 16.5. The smallest absolute Gasteiger partial charge is 0.0618 e. The Morgan fingerprint density at radius 1 is 1.46 bits per heavy atom. The van der Waals surface area contributed by atoms with Gasteiger partial charge in [0.1, 0.15) is 0 Å². The van der Waals surface area contributed by atoms with Gasteiger partial charge in [-0.1, -0.05) is 0 Å². The summed E-state index contributed by atoms with van der Waals surface area (Å²) in [6.45, 7) is 3.03. The van der Waals surface area contributed by atoms with Gasteiger partial charge < -0.3 is 15.0 Å². The van der Waals surface area contributed by atoms with E-state index < -0.39 is 0 Å². The first-order valence-corrected chi connectivity index (χ1v) is 5.11. The molecule has 1 N–H and O–H groups in total. The van der Waals surface area contributed by atoms with E-state index in [0.717, 1.165) is 25.6 Å². The van der Waals surface area contributed by atoms with E-state index >= 15 is 0 Å². The van der Waals surface area contributed by atoms with Crippen LogP contribution in [0.5, 0.6) is 0 Å². The van der Waals surface area contributed by atoms with Crippen LogP contribution in [0.1, 0.15) is 12.8 Å². The van der Waals surface area contributed by atoms with Crippen LogP contribution in [-0.4, -0.2) is 51.8 Å². The average molecular weight is 186 g/mol. The maximum atomic E-state index is 5.19. The van der Waals surface area contributed by atoms with Gasteiger partial charge >= 0.3 is 0 Å². The standard InChI is InChI=1S/C10H22N2O/c1-12(2)7-6-11-10(8-13-3)9-4-5-9/h9-11H,4-8H2,1-3H3. The van der Waals surface area contributed by atoms with E-state index in [9.17, 15) is 0 Å². The highest BCUT2D eigenvalue weighted by Gasteiger charge is 2.30. The molecule has 1 rings (SSSR count). The summed E-state index contributed by atoms with van der Waals surface area (Å²) >= 11 is 0. The molecular formula is C10H22N2O. The van der Waals surface area contributed by atoms with Gasteiger partial charge in [-0.2, -0.15) is 0 Å². The topological polar surface area (TPSA) is 24.5 Å². The number of nitrogens with one attached hydrogen (secondary N) is 1. The van der Waals surface area contributed by atoms with Crippen molar-refractivity contribution in [2.75, 3.05) is 40.9 Å². The number of hydrogen-bond donors (Lipinski definition) is 1. The molecule has 0 amide bonds. The zero-order chi connectivity index (χ0) is 9.68. The van der Waals surface area contributed by atoms with Crippen molar-refractivity contribution in [2.24, 2.45) is 5.92 Å². The van der Waals surface area contributed by atoms with E-state index in [1.807, 2.05) is 0 Å². The van der Waals surface area contributed by atoms with E-state index in [4.69, 9.17) is 4.74 Å². The summed E-state index contributed by atoms with van der Waals surface area (Å²) < 4.78 is 5.19. The maximum absolute atomic E-state index is 5.19. The van der Waals surface area contributed by atoms with Crippen molar-refractivity contribution in [3.63, 3.8) is 0 Å². The zero-order valence-corrected chi connectivity index (χ0v) is 9.05. The normalized spacial score (nSPS) is 19.4. The van der Waals surface area contributed by atoms with Crippen molar-refractivity contribution in [2.45, 2.75) is 18.9 Å². The van der Waals surface area contributed by atoms with Gasteiger partial charge in [-0.15, -0.1) is 0 Å². The van der Waals surface area contributed by atoms with E-state index in [2.05, 4.69) is 24.3 Å². The van der Waals surface area contributed by atoms with E-state index in [1.165, 1.54) is 12.8 Å². The Labute approximate surface area is 81.4 Å². The highest BCUT2D eigenvalue weighted by Crippen LogP contribution is 2.32. The van der Waals surface area contributed by atoms with Gasteiger partial charge in [0.15, 0.2) is 0 Å². The molecule has 1 saturated carbocycles. The fourth-order valence-electron chi connectivity index (χ4n) is 1.51. The van der Waals surface area contributed by atoms with Crippen LogP contribution in [0.2, 0.25) is 0 Å². The predicted molar refractivity (Wildman–Crippen MR) is 54.9 cm³/mol. The van der Waals surface area contributed by atoms with Gasteiger partial charge in [0.25, 0.3) is 0 Å². The third-order valence-electron chi connectivity index (χ3n) is 2.50. The third kappa shape index (κ3) is 4.60. The second-order valence-electron chi connectivity index (χ2n) is 4.16. The largest absolute Gasteiger partial charge is 0.383 e. The van der Waals surface area contributed by atoms with Crippen molar-refractivity contribution >= 4 is 0 Å². The average Bonchev–Trinajstić information content (AvgIpc) is 2.84. The van der Waals surface area contributed by atoms with Crippen LogP contribution in [0.3, 0.4) is 0 Å². The van der Waals surface area contributed by atoms with Gasteiger partial charge in [-0.25, -0.2) is 0 Å². The number of rotatable bonds is 7. The molecule has 1 aliphatic rings. The van der Waals surface area contributed by atoms with Crippen molar-refractivity contribution in [1.82, 2.24) is 10.2 Å². The van der Waals surface area contributed by atoms with E-state index in [-0.39, 0.29) is 0 Å². The second-order valence-corrected chi connectivity index (χ2v) is 4.16. The summed E-state index contributed by atoms with van der Waals surface area (Å²) in [5, 5.41) is 3.55. The Morgan fingerprint density at radius 3 is 2.62 bits per heavy atom. The van der Waals surface area contributed by atoms with Gasteiger partial charge in [-0.3, -0.25) is 0 Å². The Balaban J connectivity index is 2.07. The minimum absolute atomic E-state index is 0.588. The van der Waals surface area contributed by atoms with Gasteiger partial charge in [0.05, 0.1) is 6.61 Å². The molecule has 1 fully saturated rings. The number of likely N-dealkylation sites (N-methyl/N-ethyl adjacent to an activating group) is 1. The Morgan fingerprint density at radius 2 is 2.15 bits per heavy atom. The van der Waals surface area contributed by atoms with Gasteiger partial charge in [0, 0.05) is 26.2 Å². The Kier molecular flexibility index (Phi) is 4.70. The van der Waals surface area contributed by atoms with Crippen molar-refractivity contribution in [3.05, 3.63) is 0 Å². The van der Waals surface area contributed by atoms with Crippen LogP contribution in [0.25, 0.3) is 0 Å². The fraction of sp³-hybridized carbons (Fsp3) is 1.00. The molecule has 0 heterocycles. The molecule has 0 bridgehead atoms. The summed E-state index contributed by atoms with van der Waals surface area (Å²) in [5.41, 5.74) is 0. The first-order chi connectivity index (χ1) is 6.24. The summed E-state index contributed by atoms with van der Waals surface area (Å²) in [6, 6.07) is 0.588. The summed E-state index contributed by atoms with van der Waals surface area (Å²) in [4.78, 5) is 2.20. The van der Waals surface area contributed by atoms with E-state index in [0.29, 0.717) is 6.04 Å². The molecule has 0 aromatic rings. The highest BCUT2D eigenvalue weighted by molar-refractivity contribution is 4.86. The maximum Gasteiger partial charge on any atom is 0.0618 e. The Bertz CT molecular complexity index is 135.